The minimum Gasteiger partial charge on any atom is -0.382 e. The fourth-order valence-electron chi connectivity index (χ4n) is 2.96. The first kappa shape index (κ1) is 17.1. The van der Waals surface area contributed by atoms with E-state index in [-0.39, 0.29) is 5.91 Å². The average molecular weight is 364 g/mol. The van der Waals surface area contributed by atoms with Gasteiger partial charge in [0.05, 0.1) is 24.6 Å². The van der Waals surface area contributed by atoms with E-state index in [9.17, 15) is 4.79 Å². The van der Waals surface area contributed by atoms with E-state index in [2.05, 4.69) is 20.1 Å². The Hall–Kier alpha value is -3.29. The highest BCUT2D eigenvalue weighted by Gasteiger charge is 2.26. The molecule has 8 heteroatoms. The van der Waals surface area contributed by atoms with Crippen molar-refractivity contribution in [3.05, 3.63) is 53.9 Å². The predicted molar refractivity (Wildman–Crippen MR) is 98.6 cm³/mol. The van der Waals surface area contributed by atoms with Crippen LogP contribution < -0.4 is 5.73 Å². The van der Waals surface area contributed by atoms with Crippen molar-refractivity contribution < 1.29 is 9.32 Å². The number of benzene rings is 1. The Labute approximate surface area is 156 Å². The third kappa shape index (κ3) is 3.64. The van der Waals surface area contributed by atoms with Gasteiger partial charge in [0.2, 0.25) is 5.89 Å². The number of carbonyl (C=O) groups excluding carboxylic acids is 1. The van der Waals surface area contributed by atoms with E-state index in [1.807, 2.05) is 12.1 Å². The van der Waals surface area contributed by atoms with Crippen molar-refractivity contribution in [2.45, 2.75) is 31.7 Å². The second-order valence-electron chi connectivity index (χ2n) is 6.75. The van der Waals surface area contributed by atoms with Crippen molar-refractivity contribution in [1.82, 2.24) is 25.0 Å². The molecule has 0 spiro atoms. The number of hydrogen-bond acceptors (Lipinski definition) is 7. The van der Waals surface area contributed by atoms with Crippen molar-refractivity contribution in [3.63, 3.8) is 0 Å². The van der Waals surface area contributed by atoms with Gasteiger partial charge in [0.15, 0.2) is 5.82 Å². The number of rotatable bonds is 5. The summed E-state index contributed by atoms with van der Waals surface area (Å²) in [4.78, 5) is 27.1. The molecule has 0 atom stereocenters. The van der Waals surface area contributed by atoms with Gasteiger partial charge in [-0.3, -0.25) is 9.78 Å². The van der Waals surface area contributed by atoms with Gasteiger partial charge in [-0.1, -0.05) is 23.7 Å². The van der Waals surface area contributed by atoms with Crippen LogP contribution >= 0.6 is 0 Å². The maximum atomic E-state index is 12.8. The van der Waals surface area contributed by atoms with E-state index in [0.717, 1.165) is 18.4 Å². The fraction of sp³-hybridized carbons (Fsp3) is 0.316. The SMILES string of the molecule is CN(Cc1noc(C2CCC2)n1)C(=O)c1cccc(-c2cnc(N)cn2)c1. The van der Waals surface area contributed by atoms with Crippen LogP contribution in [0.2, 0.25) is 0 Å². The van der Waals surface area contributed by atoms with Crippen molar-refractivity contribution >= 4 is 11.7 Å². The lowest BCUT2D eigenvalue weighted by Crippen LogP contribution is -2.26. The molecule has 0 unspecified atom stereocenters. The number of hydrogen-bond donors (Lipinski definition) is 1. The smallest absolute Gasteiger partial charge is 0.254 e. The third-order valence-electron chi connectivity index (χ3n) is 4.74. The van der Waals surface area contributed by atoms with E-state index in [1.165, 1.54) is 12.6 Å². The zero-order chi connectivity index (χ0) is 18.8. The van der Waals surface area contributed by atoms with Crippen LogP contribution in [-0.4, -0.2) is 38.0 Å². The molecule has 27 heavy (non-hydrogen) atoms. The Morgan fingerprint density at radius 3 is 2.85 bits per heavy atom. The standard InChI is InChI=1S/C19H20N6O2/c1-25(11-17-23-18(27-24-17)12-4-2-5-12)19(26)14-7-3-6-13(8-14)15-9-22-16(20)10-21-15/h3,6-10,12H,2,4-5,11H2,1H3,(H2,20,22). The zero-order valence-electron chi connectivity index (χ0n) is 15.0. The van der Waals surface area contributed by atoms with Gasteiger partial charge in [0.25, 0.3) is 5.91 Å². The molecule has 0 bridgehead atoms. The molecule has 1 saturated carbocycles. The van der Waals surface area contributed by atoms with Gasteiger partial charge in [-0.2, -0.15) is 4.98 Å². The Balaban J connectivity index is 1.47. The summed E-state index contributed by atoms with van der Waals surface area (Å²) in [5, 5.41) is 4.00. The molecule has 1 aliphatic carbocycles. The van der Waals surface area contributed by atoms with E-state index in [4.69, 9.17) is 10.3 Å². The molecule has 1 aromatic carbocycles. The Bertz CT molecular complexity index is 949. The summed E-state index contributed by atoms with van der Waals surface area (Å²) in [5.41, 5.74) is 7.58. The zero-order valence-corrected chi connectivity index (χ0v) is 15.0. The Morgan fingerprint density at radius 1 is 1.30 bits per heavy atom. The quantitative estimate of drug-likeness (QED) is 0.741. The maximum absolute atomic E-state index is 12.8. The van der Waals surface area contributed by atoms with Crippen LogP contribution in [0, 0.1) is 0 Å². The van der Waals surface area contributed by atoms with Crippen LogP contribution in [-0.2, 0) is 6.54 Å². The highest BCUT2D eigenvalue weighted by atomic mass is 16.5. The van der Waals surface area contributed by atoms with Gasteiger partial charge in [0.1, 0.15) is 5.82 Å². The van der Waals surface area contributed by atoms with E-state index < -0.39 is 0 Å². The van der Waals surface area contributed by atoms with E-state index >= 15 is 0 Å². The summed E-state index contributed by atoms with van der Waals surface area (Å²) < 4.78 is 5.32. The Morgan fingerprint density at radius 2 is 2.15 bits per heavy atom. The maximum Gasteiger partial charge on any atom is 0.254 e. The first-order chi connectivity index (χ1) is 13.1. The molecule has 3 aromatic rings. The van der Waals surface area contributed by atoms with Gasteiger partial charge < -0.3 is 15.2 Å². The molecule has 1 fully saturated rings. The number of carbonyl (C=O) groups is 1. The summed E-state index contributed by atoms with van der Waals surface area (Å²) in [5.74, 6) is 1.81. The van der Waals surface area contributed by atoms with E-state index in [1.54, 1.807) is 30.3 Å². The van der Waals surface area contributed by atoms with Crippen molar-refractivity contribution in [1.29, 1.82) is 0 Å². The highest BCUT2D eigenvalue weighted by Crippen LogP contribution is 2.35. The normalized spacial score (nSPS) is 14.0. The molecule has 138 valence electrons. The van der Waals surface area contributed by atoms with Gasteiger partial charge in [-0.15, -0.1) is 0 Å². The topological polar surface area (TPSA) is 111 Å². The monoisotopic (exact) mass is 364 g/mol. The number of nitrogen functional groups attached to an aromatic ring is 1. The molecule has 4 rings (SSSR count). The summed E-state index contributed by atoms with van der Waals surface area (Å²) in [6, 6.07) is 7.25. The van der Waals surface area contributed by atoms with Gasteiger partial charge >= 0.3 is 0 Å². The number of aromatic nitrogens is 4. The molecule has 2 N–H and O–H groups in total. The number of nitrogens with zero attached hydrogens (tertiary/aromatic N) is 5. The summed E-state index contributed by atoms with van der Waals surface area (Å²) in [6.07, 6.45) is 6.47. The Kier molecular flexibility index (Phi) is 4.53. The van der Waals surface area contributed by atoms with Gasteiger partial charge in [-0.25, -0.2) is 4.98 Å². The molecule has 8 nitrogen and oxygen atoms in total. The molecule has 1 amide bonds. The molecular weight excluding hydrogens is 344 g/mol. The minimum atomic E-state index is -0.129. The van der Waals surface area contributed by atoms with Crippen LogP contribution in [0.4, 0.5) is 5.82 Å². The summed E-state index contributed by atoms with van der Waals surface area (Å²) in [7, 11) is 1.72. The molecule has 0 saturated heterocycles. The number of nitrogens with two attached hydrogens (primary N) is 1. The summed E-state index contributed by atoms with van der Waals surface area (Å²) >= 11 is 0. The molecule has 0 aliphatic heterocycles. The largest absolute Gasteiger partial charge is 0.382 e. The second-order valence-corrected chi connectivity index (χ2v) is 6.75. The lowest BCUT2D eigenvalue weighted by molar-refractivity contribution is 0.0780. The van der Waals surface area contributed by atoms with Crippen LogP contribution in [0.5, 0.6) is 0 Å². The van der Waals surface area contributed by atoms with Crippen molar-refractivity contribution in [2.24, 2.45) is 0 Å². The van der Waals surface area contributed by atoms with Crippen LogP contribution in [0.25, 0.3) is 11.3 Å². The molecule has 2 aromatic heterocycles. The van der Waals surface area contributed by atoms with Crippen molar-refractivity contribution in [3.8, 4) is 11.3 Å². The second kappa shape index (κ2) is 7.14. The van der Waals surface area contributed by atoms with Crippen LogP contribution in [0.15, 0.2) is 41.2 Å². The average Bonchev–Trinajstić information content (AvgIpc) is 3.08. The number of anilines is 1. The van der Waals surface area contributed by atoms with Gasteiger partial charge in [-0.05, 0) is 25.0 Å². The lowest BCUT2D eigenvalue weighted by atomic mass is 9.85. The molecule has 1 aliphatic rings. The van der Waals surface area contributed by atoms with Crippen LogP contribution in [0.1, 0.15) is 47.3 Å². The first-order valence-corrected chi connectivity index (χ1v) is 8.86. The lowest BCUT2D eigenvalue weighted by Gasteiger charge is -2.20. The number of amides is 1. The third-order valence-corrected chi connectivity index (χ3v) is 4.74. The molecule has 0 radical (unpaired) electrons. The van der Waals surface area contributed by atoms with Crippen LogP contribution in [0.3, 0.4) is 0 Å². The first-order valence-electron chi connectivity index (χ1n) is 8.86. The van der Waals surface area contributed by atoms with E-state index in [0.29, 0.717) is 41.3 Å². The summed E-state index contributed by atoms with van der Waals surface area (Å²) in [6.45, 7) is 0.293. The predicted octanol–water partition coefficient (Wildman–Crippen LogP) is 2.65. The minimum absolute atomic E-state index is 0.129. The molecule has 2 heterocycles. The van der Waals surface area contributed by atoms with Gasteiger partial charge in [0, 0.05) is 24.1 Å². The fourth-order valence-corrected chi connectivity index (χ4v) is 2.96. The molecular formula is C19H20N6O2. The highest BCUT2D eigenvalue weighted by molar-refractivity contribution is 5.95. The van der Waals surface area contributed by atoms with Crippen molar-refractivity contribution in [2.75, 3.05) is 12.8 Å².